The van der Waals surface area contributed by atoms with E-state index in [1.54, 1.807) is 11.8 Å². The molecule has 4 heteroatoms. The summed E-state index contributed by atoms with van der Waals surface area (Å²) in [4.78, 5) is 1.14. The largest absolute Gasteiger partial charge is 0.348 e. The lowest BCUT2D eigenvalue weighted by atomic mass is 10.4. The topological polar surface area (TPSA) is 18.5 Å². The van der Waals surface area contributed by atoms with E-state index in [4.69, 9.17) is 21.1 Å². The van der Waals surface area contributed by atoms with Crippen molar-refractivity contribution in [3.8, 4) is 0 Å². The zero-order chi connectivity index (χ0) is 12.4. The van der Waals surface area contributed by atoms with Gasteiger partial charge in [0, 0.05) is 24.5 Å². The van der Waals surface area contributed by atoms with Gasteiger partial charge in [-0.3, -0.25) is 0 Å². The lowest BCUT2D eigenvalue weighted by molar-refractivity contribution is -0.161. The SMILES string of the molecule is CCOC1(OCC)CC1(Cl)Sc1ccccc1. The first-order chi connectivity index (χ1) is 8.16. The second-order valence-electron chi connectivity index (χ2n) is 3.94. The van der Waals surface area contributed by atoms with Crippen molar-refractivity contribution in [2.45, 2.75) is 35.2 Å². The van der Waals surface area contributed by atoms with Crippen LogP contribution in [0, 0.1) is 0 Å². The van der Waals surface area contributed by atoms with Crippen LogP contribution in [0.25, 0.3) is 0 Å². The minimum atomic E-state index is -0.613. The Labute approximate surface area is 112 Å². The van der Waals surface area contributed by atoms with Crippen LogP contribution in [0.5, 0.6) is 0 Å². The quantitative estimate of drug-likeness (QED) is 0.578. The van der Waals surface area contributed by atoms with Crippen molar-refractivity contribution < 1.29 is 9.47 Å². The third-order valence-corrected chi connectivity index (χ3v) is 4.62. The van der Waals surface area contributed by atoms with Crippen LogP contribution >= 0.6 is 23.4 Å². The predicted molar refractivity (Wildman–Crippen MR) is 71.5 cm³/mol. The standard InChI is InChI=1S/C13H17ClO2S/c1-3-15-13(16-4-2)10-12(13,14)17-11-8-6-5-7-9-11/h5-9H,3-4,10H2,1-2H3. The van der Waals surface area contributed by atoms with E-state index >= 15 is 0 Å². The summed E-state index contributed by atoms with van der Waals surface area (Å²) in [7, 11) is 0. The molecule has 0 amide bonds. The predicted octanol–water partition coefficient (Wildman–Crippen LogP) is 3.89. The normalized spacial score (nSPS) is 25.8. The van der Waals surface area contributed by atoms with Gasteiger partial charge in [0.25, 0.3) is 0 Å². The van der Waals surface area contributed by atoms with Crippen LogP contribution in [-0.2, 0) is 9.47 Å². The highest BCUT2D eigenvalue weighted by Gasteiger charge is 2.71. The molecule has 0 saturated heterocycles. The fourth-order valence-corrected chi connectivity index (χ4v) is 3.62. The molecule has 0 heterocycles. The number of halogens is 1. The highest BCUT2D eigenvalue weighted by molar-refractivity contribution is 8.02. The summed E-state index contributed by atoms with van der Waals surface area (Å²) in [5.74, 6) is -0.613. The number of hydrogen-bond donors (Lipinski definition) is 0. The van der Waals surface area contributed by atoms with E-state index in [0.29, 0.717) is 13.2 Å². The molecule has 2 nitrogen and oxygen atoms in total. The first-order valence-corrected chi connectivity index (χ1v) is 7.06. The molecule has 0 radical (unpaired) electrons. The van der Waals surface area contributed by atoms with Crippen molar-refractivity contribution in [1.29, 1.82) is 0 Å². The van der Waals surface area contributed by atoms with Gasteiger partial charge in [-0.2, -0.15) is 0 Å². The van der Waals surface area contributed by atoms with Crippen molar-refractivity contribution in [1.82, 2.24) is 0 Å². The summed E-state index contributed by atoms with van der Waals surface area (Å²) in [6, 6.07) is 10.1. The fraction of sp³-hybridized carbons (Fsp3) is 0.538. The third-order valence-electron chi connectivity index (χ3n) is 2.68. The molecule has 0 bridgehead atoms. The smallest absolute Gasteiger partial charge is 0.200 e. The molecule has 1 aliphatic rings. The van der Waals surface area contributed by atoms with Gasteiger partial charge in [0.05, 0.1) is 0 Å². The molecule has 1 aromatic rings. The Balaban J connectivity index is 2.06. The number of hydrogen-bond acceptors (Lipinski definition) is 3. The molecule has 0 aromatic heterocycles. The number of rotatable bonds is 6. The average molecular weight is 273 g/mol. The Morgan fingerprint density at radius 3 is 2.29 bits per heavy atom. The maximum atomic E-state index is 6.57. The zero-order valence-electron chi connectivity index (χ0n) is 10.1. The molecule has 0 aliphatic heterocycles. The number of thioether (sulfide) groups is 1. The van der Waals surface area contributed by atoms with Gasteiger partial charge >= 0.3 is 0 Å². The van der Waals surface area contributed by atoms with E-state index in [1.165, 1.54) is 0 Å². The van der Waals surface area contributed by atoms with Crippen LogP contribution in [0.2, 0.25) is 0 Å². The van der Waals surface area contributed by atoms with Crippen molar-refractivity contribution in [3.05, 3.63) is 30.3 Å². The Hall–Kier alpha value is -0.220. The van der Waals surface area contributed by atoms with Crippen LogP contribution in [0.1, 0.15) is 20.3 Å². The fourth-order valence-electron chi connectivity index (χ4n) is 1.87. The first kappa shape index (κ1) is 13.2. The lowest BCUT2D eigenvalue weighted by Gasteiger charge is -2.20. The number of benzene rings is 1. The minimum absolute atomic E-state index is 0.486. The van der Waals surface area contributed by atoms with Gasteiger partial charge in [-0.1, -0.05) is 30.0 Å². The van der Waals surface area contributed by atoms with E-state index in [-0.39, 0.29) is 0 Å². The van der Waals surface area contributed by atoms with E-state index < -0.39 is 9.99 Å². The Morgan fingerprint density at radius 2 is 1.76 bits per heavy atom. The van der Waals surface area contributed by atoms with Crippen molar-refractivity contribution in [2.75, 3.05) is 13.2 Å². The van der Waals surface area contributed by atoms with E-state index in [0.717, 1.165) is 11.3 Å². The van der Waals surface area contributed by atoms with Gasteiger partial charge in [-0.15, -0.1) is 11.6 Å². The Morgan fingerprint density at radius 1 is 1.18 bits per heavy atom. The van der Waals surface area contributed by atoms with Crippen molar-refractivity contribution in [2.24, 2.45) is 0 Å². The van der Waals surface area contributed by atoms with Gasteiger partial charge in [-0.25, -0.2) is 0 Å². The average Bonchev–Trinajstić information content (AvgIpc) is 2.85. The summed E-state index contributed by atoms with van der Waals surface area (Å²) in [5, 5.41) is 0. The highest BCUT2D eigenvalue weighted by Crippen LogP contribution is 2.65. The van der Waals surface area contributed by atoms with Gasteiger partial charge in [0.2, 0.25) is 0 Å². The van der Waals surface area contributed by atoms with Crippen molar-refractivity contribution >= 4 is 23.4 Å². The van der Waals surface area contributed by atoms with Gasteiger partial charge in [-0.05, 0) is 26.0 Å². The Bertz CT molecular complexity index is 365. The Kier molecular flexibility index (Phi) is 4.03. The zero-order valence-corrected chi connectivity index (χ0v) is 11.7. The van der Waals surface area contributed by atoms with E-state index in [1.807, 2.05) is 32.0 Å². The lowest BCUT2D eigenvalue weighted by Crippen LogP contribution is -2.26. The molecule has 17 heavy (non-hydrogen) atoms. The molecule has 0 spiro atoms. The van der Waals surface area contributed by atoms with Crippen LogP contribution in [-0.4, -0.2) is 23.2 Å². The molecule has 1 fully saturated rings. The summed E-state index contributed by atoms with van der Waals surface area (Å²) >= 11 is 8.19. The first-order valence-electron chi connectivity index (χ1n) is 5.86. The van der Waals surface area contributed by atoms with Gasteiger partial charge in [0.15, 0.2) is 9.99 Å². The summed E-state index contributed by atoms with van der Waals surface area (Å²) in [6.07, 6.45) is 0.725. The molecule has 1 unspecified atom stereocenters. The highest BCUT2D eigenvalue weighted by atomic mass is 35.5. The van der Waals surface area contributed by atoms with E-state index in [9.17, 15) is 0 Å². The van der Waals surface area contributed by atoms with Gasteiger partial charge in [0.1, 0.15) is 0 Å². The second-order valence-corrected chi connectivity index (χ2v) is 6.18. The summed E-state index contributed by atoms with van der Waals surface area (Å²) in [6.45, 7) is 5.15. The summed E-state index contributed by atoms with van der Waals surface area (Å²) < 4.78 is 10.9. The molecule has 1 atom stereocenters. The summed E-state index contributed by atoms with van der Waals surface area (Å²) in [5.41, 5.74) is 0. The monoisotopic (exact) mass is 272 g/mol. The van der Waals surface area contributed by atoms with E-state index in [2.05, 4.69) is 12.1 Å². The molecule has 1 aliphatic carbocycles. The maximum Gasteiger partial charge on any atom is 0.200 e. The number of ether oxygens (including phenoxy) is 2. The van der Waals surface area contributed by atoms with Gasteiger partial charge < -0.3 is 9.47 Å². The van der Waals surface area contributed by atoms with Crippen LogP contribution in [0.15, 0.2) is 35.2 Å². The minimum Gasteiger partial charge on any atom is -0.348 e. The van der Waals surface area contributed by atoms with Crippen molar-refractivity contribution in [3.63, 3.8) is 0 Å². The molecule has 1 saturated carbocycles. The molecule has 2 rings (SSSR count). The molecule has 94 valence electrons. The second kappa shape index (κ2) is 5.19. The molecular weight excluding hydrogens is 256 g/mol. The van der Waals surface area contributed by atoms with Crippen LogP contribution in [0.3, 0.4) is 0 Å². The molecule has 0 N–H and O–H groups in total. The van der Waals surface area contributed by atoms with Crippen LogP contribution in [0.4, 0.5) is 0 Å². The molecular formula is C13H17ClO2S. The third kappa shape index (κ3) is 2.63. The van der Waals surface area contributed by atoms with Crippen LogP contribution < -0.4 is 0 Å². The maximum absolute atomic E-state index is 6.57. The molecule has 1 aromatic carbocycles. The number of alkyl halides is 1.